The van der Waals surface area contributed by atoms with Crippen LogP contribution in [-0.4, -0.2) is 9.97 Å². The van der Waals surface area contributed by atoms with Gasteiger partial charge in [-0.2, -0.15) is 0 Å². The molecule has 0 aliphatic heterocycles. The molecule has 0 bridgehead atoms. The highest BCUT2D eigenvalue weighted by Crippen LogP contribution is 2.17. The van der Waals surface area contributed by atoms with Gasteiger partial charge < -0.3 is 4.98 Å². The molecule has 1 heterocycles. The summed E-state index contributed by atoms with van der Waals surface area (Å²) >= 11 is 1.53. The van der Waals surface area contributed by atoms with Gasteiger partial charge in [-0.3, -0.25) is 4.79 Å². The number of hydrogen-bond acceptors (Lipinski definition) is 3. The first kappa shape index (κ1) is 11.0. The summed E-state index contributed by atoms with van der Waals surface area (Å²) in [6.07, 6.45) is 1.52. The largest absolute Gasteiger partial charge is 0.301 e. The number of H-pyrrole nitrogens is 1. The summed E-state index contributed by atoms with van der Waals surface area (Å²) in [7, 11) is 0. The molecule has 1 N–H and O–H groups in total. The molecule has 0 saturated carbocycles. The molecule has 0 aliphatic carbocycles. The van der Waals surface area contributed by atoms with E-state index in [-0.39, 0.29) is 5.56 Å². The van der Waals surface area contributed by atoms with Gasteiger partial charge >= 0.3 is 0 Å². The fraction of sp³-hybridized carbons (Fsp3) is 0.167. The average molecular weight is 232 g/mol. The maximum Gasteiger partial charge on any atom is 0.251 e. The Morgan fingerprint density at radius 2 is 2.00 bits per heavy atom. The van der Waals surface area contributed by atoms with Crippen LogP contribution in [0.2, 0.25) is 0 Å². The van der Waals surface area contributed by atoms with Crippen LogP contribution in [0, 0.1) is 6.92 Å². The third kappa shape index (κ3) is 2.97. The molecule has 82 valence electrons. The molecule has 0 aliphatic rings. The smallest absolute Gasteiger partial charge is 0.251 e. The Morgan fingerprint density at radius 3 is 2.69 bits per heavy atom. The van der Waals surface area contributed by atoms with Gasteiger partial charge in [0, 0.05) is 18.0 Å². The van der Waals surface area contributed by atoms with Crippen molar-refractivity contribution >= 4 is 11.8 Å². The average Bonchev–Trinajstić information content (AvgIpc) is 2.28. The Balaban J connectivity index is 2.02. The van der Waals surface area contributed by atoms with Crippen LogP contribution >= 0.6 is 11.8 Å². The standard InChI is InChI=1S/C12H12N2OS/c1-9-2-4-10(5-3-9)8-16-12-13-7-6-11(15)14-12/h2-7H,8H2,1H3,(H,13,14,15). The van der Waals surface area contributed by atoms with Gasteiger partial charge in [-0.05, 0) is 12.5 Å². The van der Waals surface area contributed by atoms with Crippen LogP contribution in [0.1, 0.15) is 11.1 Å². The van der Waals surface area contributed by atoms with E-state index in [0.717, 1.165) is 5.75 Å². The highest BCUT2D eigenvalue weighted by Gasteiger charge is 1.98. The number of rotatable bonds is 3. The number of aryl methyl sites for hydroxylation is 1. The van der Waals surface area contributed by atoms with Gasteiger partial charge in [0.1, 0.15) is 0 Å². The lowest BCUT2D eigenvalue weighted by Crippen LogP contribution is -2.05. The molecule has 2 rings (SSSR count). The molecular weight excluding hydrogens is 220 g/mol. The molecule has 3 nitrogen and oxygen atoms in total. The molecule has 1 aromatic heterocycles. The molecule has 0 unspecified atom stereocenters. The summed E-state index contributed by atoms with van der Waals surface area (Å²) in [6, 6.07) is 9.75. The predicted molar refractivity (Wildman–Crippen MR) is 65.6 cm³/mol. The minimum Gasteiger partial charge on any atom is -0.301 e. The lowest BCUT2D eigenvalue weighted by atomic mass is 10.2. The van der Waals surface area contributed by atoms with Crippen molar-refractivity contribution in [2.45, 2.75) is 17.8 Å². The van der Waals surface area contributed by atoms with E-state index in [1.54, 1.807) is 0 Å². The van der Waals surface area contributed by atoms with E-state index < -0.39 is 0 Å². The number of nitrogens with one attached hydrogen (secondary N) is 1. The first-order valence-corrected chi connectivity index (χ1v) is 5.96. The zero-order valence-corrected chi connectivity index (χ0v) is 9.75. The summed E-state index contributed by atoms with van der Waals surface area (Å²) in [5.41, 5.74) is 2.36. The van der Waals surface area contributed by atoms with Gasteiger partial charge in [0.2, 0.25) is 0 Å². The Bertz CT molecular complexity index is 519. The second-order valence-corrected chi connectivity index (χ2v) is 4.48. The van der Waals surface area contributed by atoms with E-state index in [0.29, 0.717) is 5.16 Å². The third-order valence-electron chi connectivity index (χ3n) is 2.14. The van der Waals surface area contributed by atoms with Crippen molar-refractivity contribution < 1.29 is 0 Å². The van der Waals surface area contributed by atoms with E-state index in [9.17, 15) is 4.79 Å². The summed E-state index contributed by atoms with van der Waals surface area (Å²) in [6.45, 7) is 2.06. The van der Waals surface area contributed by atoms with Crippen LogP contribution in [-0.2, 0) is 5.75 Å². The van der Waals surface area contributed by atoms with Gasteiger partial charge in [-0.25, -0.2) is 4.98 Å². The summed E-state index contributed by atoms with van der Waals surface area (Å²) in [5.74, 6) is 0.813. The highest BCUT2D eigenvalue weighted by atomic mass is 32.2. The fourth-order valence-corrected chi connectivity index (χ4v) is 2.07. The topological polar surface area (TPSA) is 45.8 Å². The Kier molecular flexibility index (Phi) is 3.41. The molecule has 1 aromatic carbocycles. The van der Waals surface area contributed by atoms with Crippen molar-refractivity contribution in [3.8, 4) is 0 Å². The number of hydrogen-bond donors (Lipinski definition) is 1. The minimum atomic E-state index is -0.110. The van der Waals surface area contributed by atoms with Crippen molar-refractivity contribution in [3.05, 3.63) is 58.0 Å². The van der Waals surface area contributed by atoms with Crippen LogP contribution in [0.15, 0.2) is 46.5 Å². The molecular formula is C12H12N2OS. The van der Waals surface area contributed by atoms with E-state index in [2.05, 4.69) is 41.2 Å². The molecule has 0 saturated heterocycles. The second-order valence-electron chi connectivity index (χ2n) is 3.51. The van der Waals surface area contributed by atoms with Crippen LogP contribution < -0.4 is 5.56 Å². The van der Waals surface area contributed by atoms with Crippen LogP contribution in [0.25, 0.3) is 0 Å². The molecule has 0 amide bonds. The third-order valence-corrected chi connectivity index (χ3v) is 3.10. The van der Waals surface area contributed by atoms with Crippen LogP contribution in [0.3, 0.4) is 0 Å². The van der Waals surface area contributed by atoms with Gasteiger partial charge in [-0.1, -0.05) is 41.6 Å². The first-order chi connectivity index (χ1) is 7.74. The molecule has 2 aromatic rings. The molecule has 4 heteroatoms. The van der Waals surface area contributed by atoms with Crippen LogP contribution in [0.4, 0.5) is 0 Å². The van der Waals surface area contributed by atoms with Gasteiger partial charge in [0.25, 0.3) is 5.56 Å². The van der Waals surface area contributed by atoms with E-state index in [1.807, 2.05) is 0 Å². The zero-order chi connectivity index (χ0) is 11.4. The molecule has 0 fully saturated rings. The van der Waals surface area contributed by atoms with Crippen molar-refractivity contribution in [2.75, 3.05) is 0 Å². The normalized spacial score (nSPS) is 10.3. The van der Waals surface area contributed by atoms with Crippen molar-refractivity contribution in [2.24, 2.45) is 0 Å². The quantitative estimate of drug-likeness (QED) is 0.652. The van der Waals surface area contributed by atoms with E-state index in [4.69, 9.17) is 0 Å². The Labute approximate surface area is 97.9 Å². The lowest BCUT2D eigenvalue weighted by Gasteiger charge is -2.01. The van der Waals surface area contributed by atoms with E-state index in [1.165, 1.54) is 35.2 Å². The Hall–Kier alpha value is -1.55. The fourth-order valence-electron chi connectivity index (χ4n) is 1.26. The summed E-state index contributed by atoms with van der Waals surface area (Å²) < 4.78 is 0. The molecule has 16 heavy (non-hydrogen) atoms. The summed E-state index contributed by atoms with van der Waals surface area (Å²) in [4.78, 5) is 17.8. The summed E-state index contributed by atoms with van der Waals surface area (Å²) in [5, 5.41) is 0.660. The SMILES string of the molecule is Cc1ccc(CSc2nccc(=O)[nH]2)cc1. The lowest BCUT2D eigenvalue weighted by molar-refractivity contribution is 0.936. The van der Waals surface area contributed by atoms with Gasteiger partial charge in [0.05, 0.1) is 0 Å². The maximum absolute atomic E-state index is 11.0. The van der Waals surface area contributed by atoms with Crippen molar-refractivity contribution in [3.63, 3.8) is 0 Å². The molecule has 0 spiro atoms. The predicted octanol–water partition coefficient (Wildman–Crippen LogP) is 2.37. The number of benzene rings is 1. The number of aromatic nitrogens is 2. The maximum atomic E-state index is 11.0. The minimum absolute atomic E-state index is 0.110. The monoisotopic (exact) mass is 232 g/mol. The zero-order valence-electron chi connectivity index (χ0n) is 8.93. The van der Waals surface area contributed by atoms with Gasteiger partial charge in [0.15, 0.2) is 5.16 Å². The van der Waals surface area contributed by atoms with Crippen LogP contribution in [0.5, 0.6) is 0 Å². The van der Waals surface area contributed by atoms with Gasteiger partial charge in [-0.15, -0.1) is 0 Å². The first-order valence-electron chi connectivity index (χ1n) is 4.98. The van der Waals surface area contributed by atoms with Crippen molar-refractivity contribution in [1.82, 2.24) is 9.97 Å². The number of aromatic amines is 1. The molecule has 0 atom stereocenters. The molecule has 0 radical (unpaired) electrons. The van der Waals surface area contributed by atoms with Crippen molar-refractivity contribution in [1.29, 1.82) is 0 Å². The highest BCUT2D eigenvalue weighted by molar-refractivity contribution is 7.98. The number of thioether (sulfide) groups is 1. The second kappa shape index (κ2) is 4.99. The number of nitrogens with zero attached hydrogens (tertiary/aromatic N) is 1. The van der Waals surface area contributed by atoms with E-state index >= 15 is 0 Å². The Morgan fingerprint density at radius 1 is 1.25 bits per heavy atom.